The number of hydrogen-bond donors (Lipinski definition) is 4. The number of ether oxygens (including phenoxy) is 3. The lowest BCUT2D eigenvalue weighted by Gasteiger charge is -2.20. The second-order valence-corrected chi connectivity index (χ2v) is 9.63. The Morgan fingerprint density at radius 1 is 0.950 bits per heavy atom. The number of nitrogens with two attached hydrogens (primary N) is 1. The first-order valence-corrected chi connectivity index (χ1v) is 12.2. The molecule has 0 radical (unpaired) electrons. The van der Waals surface area contributed by atoms with Gasteiger partial charge in [-0.3, -0.25) is 0 Å². The van der Waals surface area contributed by atoms with Crippen LogP contribution in [-0.4, -0.2) is 46.3 Å². The molecule has 11 heteroatoms. The number of amides is 1. The Morgan fingerprint density at radius 3 is 2.23 bits per heavy atom. The van der Waals surface area contributed by atoms with E-state index in [1.807, 2.05) is 30.3 Å². The number of nitrogens with zero attached hydrogens (tertiary/aromatic N) is 1. The van der Waals surface area contributed by atoms with Gasteiger partial charge in [0.25, 0.3) is 0 Å². The summed E-state index contributed by atoms with van der Waals surface area (Å²) in [6.45, 7) is 4.71. The lowest BCUT2D eigenvalue weighted by Crippen LogP contribution is -2.24. The van der Waals surface area contributed by atoms with E-state index in [2.05, 4.69) is 10.3 Å². The molecule has 3 aromatic carbocycles. The van der Waals surface area contributed by atoms with E-state index in [-0.39, 0.29) is 23.8 Å². The summed E-state index contributed by atoms with van der Waals surface area (Å²) in [6, 6.07) is 18.9. The van der Waals surface area contributed by atoms with Gasteiger partial charge in [-0.15, -0.1) is 0 Å². The average Bonchev–Trinajstić information content (AvgIpc) is 2.89. The summed E-state index contributed by atoms with van der Waals surface area (Å²) in [5, 5.41) is 22.0. The van der Waals surface area contributed by atoms with Gasteiger partial charge in [-0.2, -0.15) is 4.99 Å². The van der Waals surface area contributed by atoms with Crippen molar-refractivity contribution in [1.82, 2.24) is 0 Å². The van der Waals surface area contributed by atoms with Crippen LogP contribution in [0.25, 0.3) is 0 Å². The van der Waals surface area contributed by atoms with Gasteiger partial charge in [0.05, 0.1) is 0 Å². The minimum Gasteiger partial charge on any atom is -0.489 e. The zero-order valence-electron chi connectivity index (χ0n) is 22.3. The van der Waals surface area contributed by atoms with Crippen molar-refractivity contribution < 1.29 is 38.8 Å². The fourth-order valence-corrected chi connectivity index (χ4v) is 3.48. The van der Waals surface area contributed by atoms with Crippen LogP contribution < -0.4 is 20.5 Å². The standard InChI is InChI=1S/C29H31N3O8/c1-29(2,3)40-28(37)32-26(30)19-9-11-20(12-10-19)31-25(27(35)36)22-15-21(13-14-23(22)39-17-24(33)34)38-16-18-7-5-4-6-8-18/h4-15,25,31H,16-17H2,1-3H3,(H,33,34)(H,35,36)(H2,30,32,37). The number of anilines is 1. The third-order valence-corrected chi connectivity index (χ3v) is 5.24. The first-order chi connectivity index (χ1) is 18.9. The number of rotatable bonds is 11. The van der Waals surface area contributed by atoms with Crippen LogP contribution in [0, 0.1) is 0 Å². The van der Waals surface area contributed by atoms with Gasteiger partial charge >= 0.3 is 18.0 Å². The highest BCUT2D eigenvalue weighted by atomic mass is 16.6. The summed E-state index contributed by atoms with van der Waals surface area (Å²) >= 11 is 0. The Balaban J connectivity index is 1.84. The third kappa shape index (κ3) is 9.05. The summed E-state index contributed by atoms with van der Waals surface area (Å²) in [5.41, 5.74) is 7.10. The van der Waals surface area contributed by atoms with E-state index < -0.39 is 36.3 Å². The van der Waals surface area contributed by atoms with E-state index in [0.717, 1.165) is 5.56 Å². The molecule has 0 aromatic heterocycles. The monoisotopic (exact) mass is 549 g/mol. The van der Waals surface area contributed by atoms with Crippen molar-refractivity contribution in [3.8, 4) is 11.5 Å². The van der Waals surface area contributed by atoms with Crippen LogP contribution in [-0.2, 0) is 20.9 Å². The van der Waals surface area contributed by atoms with Crippen molar-refractivity contribution in [2.24, 2.45) is 10.7 Å². The molecule has 0 aliphatic heterocycles. The molecule has 210 valence electrons. The highest BCUT2D eigenvalue weighted by Gasteiger charge is 2.25. The first kappa shape index (κ1) is 29.5. The SMILES string of the molecule is CC(C)(C)OC(=O)/N=C(\N)c1ccc(NC(C(=O)O)c2cc(OCc3ccccc3)ccc2OCC(=O)O)cc1. The van der Waals surface area contributed by atoms with Crippen LogP contribution in [0.5, 0.6) is 11.5 Å². The average molecular weight is 550 g/mol. The van der Waals surface area contributed by atoms with Crippen molar-refractivity contribution in [3.05, 3.63) is 89.5 Å². The summed E-state index contributed by atoms with van der Waals surface area (Å²) in [4.78, 5) is 39.1. The summed E-state index contributed by atoms with van der Waals surface area (Å²) in [6.07, 6.45) is -0.832. The maximum atomic E-state index is 12.3. The molecular weight excluding hydrogens is 518 g/mol. The molecule has 3 rings (SSSR count). The smallest absolute Gasteiger partial charge is 0.436 e. The normalized spacial score (nSPS) is 12.2. The molecule has 11 nitrogen and oxygen atoms in total. The summed E-state index contributed by atoms with van der Waals surface area (Å²) < 4.78 is 16.3. The van der Waals surface area contributed by atoms with Crippen molar-refractivity contribution >= 4 is 29.6 Å². The second-order valence-electron chi connectivity index (χ2n) is 9.63. The number of aliphatic carboxylic acids is 2. The van der Waals surface area contributed by atoms with Crippen molar-refractivity contribution in [2.75, 3.05) is 11.9 Å². The van der Waals surface area contributed by atoms with E-state index in [1.165, 1.54) is 12.1 Å². The van der Waals surface area contributed by atoms with Crippen LogP contribution in [0.15, 0.2) is 77.8 Å². The Morgan fingerprint density at radius 2 is 1.62 bits per heavy atom. The molecule has 40 heavy (non-hydrogen) atoms. The number of hydrogen-bond acceptors (Lipinski definition) is 7. The Labute approximate surface area is 231 Å². The number of benzene rings is 3. The van der Waals surface area contributed by atoms with E-state index in [0.29, 0.717) is 17.0 Å². The Hall–Kier alpha value is -5.06. The van der Waals surface area contributed by atoms with E-state index >= 15 is 0 Å². The minimum atomic E-state index is -1.33. The lowest BCUT2D eigenvalue weighted by atomic mass is 10.0. The zero-order chi connectivity index (χ0) is 29.3. The molecule has 1 amide bonds. The van der Waals surface area contributed by atoms with E-state index in [4.69, 9.17) is 25.1 Å². The highest BCUT2D eigenvalue weighted by Crippen LogP contribution is 2.32. The van der Waals surface area contributed by atoms with Crippen molar-refractivity contribution in [3.63, 3.8) is 0 Å². The molecule has 0 saturated carbocycles. The molecule has 1 unspecified atom stereocenters. The highest BCUT2D eigenvalue weighted by molar-refractivity contribution is 6.03. The van der Waals surface area contributed by atoms with Gasteiger partial charge in [0.15, 0.2) is 12.6 Å². The molecular formula is C29H31N3O8. The number of carboxylic acid groups (broad SMARTS) is 2. The Bertz CT molecular complexity index is 1370. The molecule has 0 saturated heterocycles. The maximum Gasteiger partial charge on any atom is 0.436 e. The summed E-state index contributed by atoms with van der Waals surface area (Å²) in [7, 11) is 0. The van der Waals surface area contributed by atoms with Gasteiger partial charge in [0.2, 0.25) is 0 Å². The number of amidine groups is 1. The fourth-order valence-electron chi connectivity index (χ4n) is 3.48. The number of carboxylic acids is 2. The molecule has 0 aliphatic carbocycles. The largest absolute Gasteiger partial charge is 0.489 e. The van der Waals surface area contributed by atoms with Crippen LogP contribution in [0.1, 0.15) is 43.5 Å². The van der Waals surface area contributed by atoms with E-state index in [1.54, 1.807) is 51.1 Å². The predicted molar refractivity (Wildman–Crippen MR) is 148 cm³/mol. The van der Waals surface area contributed by atoms with Crippen LogP contribution >= 0.6 is 0 Å². The third-order valence-electron chi connectivity index (χ3n) is 5.24. The van der Waals surface area contributed by atoms with Gasteiger partial charge in [0.1, 0.15) is 29.5 Å². The predicted octanol–water partition coefficient (Wildman–Crippen LogP) is 4.61. The number of carbonyl (C=O) groups is 3. The van der Waals surface area contributed by atoms with Gasteiger partial charge in [-0.25, -0.2) is 14.4 Å². The zero-order valence-corrected chi connectivity index (χ0v) is 22.3. The molecule has 0 aliphatic rings. The minimum absolute atomic E-state index is 0.0665. The lowest BCUT2D eigenvalue weighted by molar-refractivity contribution is -0.139. The topological polar surface area (TPSA) is 170 Å². The van der Waals surface area contributed by atoms with Gasteiger partial charge < -0.3 is 35.5 Å². The quantitative estimate of drug-likeness (QED) is 0.196. The van der Waals surface area contributed by atoms with E-state index in [9.17, 15) is 19.5 Å². The summed E-state index contributed by atoms with van der Waals surface area (Å²) in [5.74, 6) is -2.08. The number of nitrogens with one attached hydrogen (secondary N) is 1. The molecule has 3 aromatic rings. The van der Waals surface area contributed by atoms with Crippen molar-refractivity contribution in [2.45, 2.75) is 39.0 Å². The number of carbonyl (C=O) groups excluding carboxylic acids is 1. The number of aliphatic imine (C=N–C) groups is 1. The molecule has 0 spiro atoms. The van der Waals surface area contributed by atoms with Crippen LogP contribution in [0.4, 0.5) is 10.5 Å². The van der Waals surface area contributed by atoms with Crippen molar-refractivity contribution in [1.29, 1.82) is 0 Å². The van der Waals surface area contributed by atoms with Crippen LogP contribution in [0.2, 0.25) is 0 Å². The Kier molecular flexibility index (Phi) is 9.69. The maximum absolute atomic E-state index is 12.3. The van der Waals surface area contributed by atoms with Crippen LogP contribution in [0.3, 0.4) is 0 Å². The molecule has 1 atom stereocenters. The molecule has 0 fully saturated rings. The fraction of sp³-hybridized carbons (Fsp3) is 0.241. The second kappa shape index (κ2) is 13.1. The first-order valence-electron chi connectivity index (χ1n) is 12.2. The van der Waals surface area contributed by atoms with Gasteiger partial charge in [-0.05, 0) is 68.8 Å². The molecule has 5 N–H and O–H groups in total. The van der Waals surface area contributed by atoms with Gasteiger partial charge in [-0.1, -0.05) is 30.3 Å². The molecule has 0 bridgehead atoms. The van der Waals surface area contributed by atoms with Gasteiger partial charge in [0, 0.05) is 16.8 Å². The molecule has 0 heterocycles.